The molecule has 3 nitrogen and oxygen atoms in total. The van der Waals surface area contributed by atoms with Crippen LogP contribution in [0.3, 0.4) is 0 Å². The van der Waals surface area contributed by atoms with Crippen molar-refractivity contribution < 1.29 is 9.18 Å². The summed E-state index contributed by atoms with van der Waals surface area (Å²) in [5.74, 6) is -0.372. The molecule has 0 aliphatic rings. The molecule has 0 bridgehead atoms. The van der Waals surface area contributed by atoms with Crippen molar-refractivity contribution in [1.29, 1.82) is 0 Å². The second-order valence-electron chi connectivity index (χ2n) is 4.52. The van der Waals surface area contributed by atoms with Gasteiger partial charge in [-0.15, -0.1) is 0 Å². The van der Waals surface area contributed by atoms with Crippen LogP contribution in [-0.4, -0.2) is 16.3 Å². The van der Waals surface area contributed by atoms with Crippen LogP contribution in [0.2, 0.25) is 0 Å². The SMILES string of the molecule is Cc1c(-c2cccnc2)nc2cc(F)ccc2c1C=O. The quantitative estimate of drug-likeness (QED) is 0.666. The molecule has 0 radical (unpaired) electrons. The number of pyridine rings is 2. The molecular weight excluding hydrogens is 255 g/mol. The number of nitrogens with zero attached hydrogens (tertiary/aromatic N) is 2. The van der Waals surface area contributed by atoms with Gasteiger partial charge in [-0.2, -0.15) is 0 Å². The van der Waals surface area contributed by atoms with Crippen molar-refractivity contribution in [3.63, 3.8) is 0 Å². The van der Waals surface area contributed by atoms with E-state index in [1.165, 1.54) is 12.1 Å². The Morgan fingerprint density at radius 3 is 2.80 bits per heavy atom. The third kappa shape index (κ3) is 1.95. The molecule has 0 N–H and O–H groups in total. The van der Waals surface area contributed by atoms with Crippen molar-refractivity contribution in [3.05, 3.63) is 59.7 Å². The van der Waals surface area contributed by atoms with Gasteiger partial charge in [0.25, 0.3) is 0 Å². The predicted octanol–water partition coefficient (Wildman–Crippen LogP) is 3.56. The van der Waals surface area contributed by atoms with Crippen LogP contribution in [-0.2, 0) is 0 Å². The van der Waals surface area contributed by atoms with Gasteiger partial charge in [0, 0.05) is 35.0 Å². The Labute approximate surface area is 115 Å². The number of hydrogen-bond acceptors (Lipinski definition) is 3. The largest absolute Gasteiger partial charge is 0.298 e. The first-order chi connectivity index (χ1) is 9.70. The molecule has 0 spiro atoms. The van der Waals surface area contributed by atoms with Crippen LogP contribution in [0.1, 0.15) is 15.9 Å². The fourth-order valence-electron chi connectivity index (χ4n) is 2.29. The minimum absolute atomic E-state index is 0.372. The highest BCUT2D eigenvalue weighted by atomic mass is 19.1. The Bertz CT molecular complexity index is 800. The number of fused-ring (bicyclic) bond motifs is 1. The molecule has 2 aromatic heterocycles. The predicted molar refractivity (Wildman–Crippen MR) is 75.1 cm³/mol. The summed E-state index contributed by atoms with van der Waals surface area (Å²) in [5, 5.41) is 0.659. The van der Waals surface area contributed by atoms with Crippen LogP contribution in [0.4, 0.5) is 4.39 Å². The number of halogens is 1. The lowest BCUT2D eigenvalue weighted by atomic mass is 9.99. The zero-order chi connectivity index (χ0) is 14.1. The third-order valence-corrected chi connectivity index (χ3v) is 3.29. The lowest BCUT2D eigenvalue weighted by Crippen LogP contribution is -1.98. The molecule has 98 valence electrons. The molecule has 0 saturated carbocycles. The number of benzene rings is 1. The average molecular weight is 266 g/mol. The first kappa shape index (κ1) is 12.4. The summed E-state index contributed by atoms with van der Waals surface area (Å²) in [7, 11) is 0. The summed E-state index contributed by atoms with van der Waals surface area (Å²) in [6.07, 6.45) is 4.13. The van der Waals surface area contributed by atoms with Crippen molar-refractivity contribution in [2.24, 2.45) is 0 Å². The standard InChI is InChI=1S/C16H11FN2O/c1-10-14(9-20)13-5-4-12(17)7-15(13)19-16(10)11-3-2-6-18-8-11/h2-9H,1H3. The highest BCUT2D eigenvalue weighted by Crippen LogP contribution is 2.28. The molecule has 0 saturated heterocycles. The van der Waals surface area contributed by atoms with Gasteiger partial charge in [-0.1, -0.05) is 0 Å². The van der Waals surface area contributed by atoms with Crippen molar-refractivity contribution in [3.8, 4) is 11.3 Å². The van der Waals surface area contributed by atoms with E-state index in [4.69, 9.17) is 0 Å². The summed E-state index contributed by atoms with van der Waals surface area (Å²) in [5.41, 5.74) is 3.23. The van der Waals surface area contributed by atoms with Gasteiger partial charge in [-0.25, -0.2) is 9.37 Å². The molecule has 3 rings (SSSR count). The van der Waals surface area contributed by atoms with E-state index in [9.17, 15) is 9.18 Å². The van der Waals surface area contributed by atoms with E-state index in [0.29, 0.717) is 22.2 Å². The summed E-state index contributed by atoms with van der Waals surface area (Å²) >= 11 is 0. The number of hydrogen-bond donors (Lipinski definition) is 0. The average Bonchev–Trinajstić information content (AvgIpc) is 2.48. The first-order valence-electron chi connectivity index (χ1n) is 6.16. The maximum Gasteiger partial charge on any atom is 0.151 e. The molecule has 3 aromatic rings. The second kappa shape index (κ2) is 4.81. The summed E-state index contributed by atoms with van der Waals surface area (Å²) in [4.78, 5) is 19.9. The Kier molecular flexibility index (Phi) is 2.99. The number of carbonyl (C=O) groups is 1. The van der Waals surface area contributed by atoms with E-state index in [2.05, 4.69) is 9.97 Å². The number of aldehydes is 1. The smallest absolute Gasteiger partial charge is 0.151 e. The Hall–Kier alpha value is -2.62. The molecule has 20 heavy (non-hydrogen) atoms. The highest BCUT2D eigenvalue weighted by Gasteiger charge is 2.13. The van der Waals surface area contributed by atoms with Crippen LogP contribution in [0.15, 0.2) is 42.7 Å². The summed E-state index contributed by atoms with van der Waals surface area (Å²) in [6, 6.07) is 7.91. The maximum atomic E-state index is 13.4. The van der Waals surface area contributed by atoms with E-state index >= 15 is 0 Å². The molecular formula is C16H11FN2O. The van der Waals surface area contributed by atoms with Crippen LogP contribution < -0.4 is 0 Å². The van der Waals surface area contributed by atoms with E-state index < -0.39 is 0 Å². The molecule has 1 aromatic carbocycles. The van der Waals surface area contributed by atoms with Crippen LogP contribution in [0, 0.1) is 12.7 Å². The minimum Gasteiger partial charge on any atom is -0.298 e. The second-order valence-corrected chi connectivity index (χ2v) is 4.52. The van der Waals surface area contributed by atoms with E-state index in [0.717, 1.165) is 17.4 Å². The lowest BCUT2D eigenvalue weighted by Gasteiger charge is -2.10. The van der Waals surface area contributed by atoms with Crippen LogP contribution in [0.5, 0.6) is 0 Å². The van der Waals surface area contributed by atoms with E-state index in [-0.39, 0.29) is 5.82 Å². The van der Waals surface area contributed by atoms with Crippen molar-refractivity contribution in [2.75, 3.05) is 0 Å². The van der Waals surface area contributed by atoms with E-state index in [1.807, 2.05) is 13.0 Å². The van der Waals surface area contributed by atoms with Crippen LogP contribution >= 0.6 is 0 Å². The molecule has 0 aliphatic heterocycles. The van der Waals surface area contributed by atoms with Gasteiger partial charge >= 0.3 is 0 Å². The molecule has 0 aliphatic carbocycles. The van der Waals surface area contributed by atoms with Crippen LogP contribution in [0.25, 0.3) is 22.2 Å². The van der Waals surface area contributed by atoms with E-state index in [1.54, 1.807) is 24.5 Å². The molecule has 0 atom stereocenters. The minimum atomic E-state index is -0.372. The molecule has 4 heteroatoms. The lowest BCUT2D eigenvalue weighted by molar-refractivity contribution is 0.112. The number of aromatic nitrogens is 2. The highest BCUT2D eigenvalue weighted by molar-refractivity contribution is 6.00. The van der Waals surface area contributed by atoms with Gasteiger partial charge in [0.1, 0.15) is 5.82 Å². The Morgan fingerprint density at radius 2 is 2.10 bits per heavy atom. The van der Waals surface area contributed by atoms with Gasteiger partial charge in [0.05, 0.1) is 11.2 Å². The molecule has 0 fully saturated rings. The Morgan fingerprint density at radius 1 is 1.25 bits per heavy atom. The van der Waals surface area contributed by atoms with Gasteiger partial charge in [-0.05, 0) is 36.8 Å². The summed E-state index contributed by atoms with van der Waals surface area (Å²) in [6.45, 7) is 1.84. The van der Waals surface area contributed by atoms with Gasteiger partial charge in [0.15, 0.2) is 6.29 Å². The first-order valence-corrected chi connectivity index (χ1v) is 6.16. The monoisotopic (exact) mass is 266 g/mol. The summed E-state index contributed by atoms with van der Waals surface area (Å²) < 4.78 is 13.4. The third-order valence-electron chi connectivity index (χ3n) is 3.29. The van der Waals surface area contributed by atoms with Crippen molar-refractivity contribution >= 4 is 17.2 Å². The zero-order valence-electron chi connectivity index (χ0n) is 10.8. The van der Waals surface area contributed by atoms with Crippen molar-refractivity contribution in [2.45, 2.75) is 6.92 Å². The zero-order valence-corrected chi connectivity index (χ0v) is 10.8. The Balaban J connectivity index is 2.39. The molecule has 0 unspecified atom stereocenters. The normalized spacial score (nSPS) is 10.7. The maximum absolute atomic E-state index is 13.4. The van der Waals surface area contributed by atoms with Gasteiger partial charge in [-0.3, -0.25) is 9.78 Å². The van der Waals surface area contributed by atoms with Gasteiger partial charge < -0.3 is 0 Å². The number of carbonyl (C=O) groups excluding carboxylic acids is 1. The fourth-order valence-corrected chi connectivity index (χ4v) is 2.29. The molecule has 0 amide bonds. The topological polar surface area (TPSA) is 42.9 Å². The van der Waals surface area contributed by atoms with Crippen molar-refractivity contribution in [1.82, 2.24) is 9.97 Å². The fraction of sp³-hybridized carbons (Fsp3) is 0.0625. The number of rotatable bonds is 2. The van der Waals surface area contributed by atoms with Gasteiger partial charge in [0.2, 0.25) is 0 Å². The molecule has 2 heterocycles.